The van der Waals surface area contributed by atoms with E-state index in [0.29, 0.717) is 18.0 Å². The second-order valence-electron chi connectivity index (χ2n) is 2.81. The van der Waals surface area contributed by atoms with Crippen molar-refractivity contribution in [1.29, 1.82) is 0 Å². The van der Waals surface area contributed by atoms with Gasteiger partial charge in [0.25, 0.3) is 0 Å². The van der Waals surface area contributed by atoms with Crippen molar-refractivity contribution in [2.45, 2.75) is 13.0 Å². The number of hydrogen-bond acceptors (Lipinski definition) is 2. The lowest BCUT2D eigenvalue weighted by molar-refractivity contribution is 0.282. The van der Waals surface area contributed by atoms with Gasteiger partial charge in [-0.25, -0.2) is 0 Å². The van der Waals surface area contributed by atoms with Gasteiger partial charge in [-0.1, -0.05) is 29.5 Å². The van der Waals surface area contributed by atoms with E-state index in [2.05, 4.69) is 11.8 Å². The van der Waals surface area contributed by atoms with E-state index in [1.165, 1.54) is 0 Å². The number of nitrogens with two attached hydrogens (primary N) is 1. The van der Waals surface area contributed by atoms with Gasteiger partial charge in [-0.05, 0) is 17.7 Å². The van der Waals surface area contributed by atoms with E-state index in [1.54, 1.807) is 18.2 Å². The molecule has 0 heterocycles. The zero-order valence-corrected chi connectivity index (χ0v) is 8.51. The summed E-state index contributed by atoms with van der Waals surface area (Å²) >= 11 is 5.92. The molecule has 1 aromatic rings. The van der Waals surface area contributed by atoms with E-state index in [0.717, 1.165) is 11.1 Å². The third kappa shape index (κ3) is 3.04. The highest BCUT2D eigenvalue weighted by molar-refractivity contribution is 6.31. The third-order valence-electron chi connectivity index (χ3n) is 1.71. The summed E-state index contributed by atoms with van der Waals surface area (Å²) in [6.07, 6.45) is 0.652. The highest BCUT2D eigenvalue weighted by atomic mass is 35.5. The molecule has 14 heavy (non-hydrogen) atoms. The van der Waals surface area contributed by atoms with Crippen LogP contribution in [0.2, 0.25) is 5.02 Å². The summed E-state index contributed by atoms with van der Waals surface area (Å²) in [5.41, 5.74) is 6.87. The van der Waals surface area contributed by atoms with Crippen molar-refractivity contribution in [2.75, 3.05) is 6.54 Å². The van der Waals surface area contributed by atoms with Gasteiger partial charge in [-0.15, -0.1) is 0 Å². The van der Waals surface area contributed by atoms with Crippen LogP contribution >= 0.6 is 11.6 Å². The maximum Gasteiger partial charge on any atom is 0.0682 e. The van der Waals surface area contributed by atoms with E-state index in [1.807, 2.05) is 0 Å². The Hall–Kier alpha value is -1.01. The fraction of sp³-hybridized carbons (Fsp3) is 0.273. The zero-order valence-electron chi connectivity index (χ0n) is 7.76. The first kappa shape index (κ1) is 11.1. The molecule has 1 rings (SSSR count). The lowest BCUT2D eigenvalue weighted by atomic mass is 10.1. The second-order valence-corrected chi connectivity index (χ2v) is 3.22. The molecule has 0 aliphatic heterocycles. The molecular weight excluding hydrogens is 198 g/mol. The number of aliphatic hydroxyl groups excluding tert-OH is 1. The number of benzene rings is 1. The molecule has 1 aromatic carbocycles. The quantitative estimate of drug-likeness (QED) is 0.726. The van der Waals surface area contributed by atoms with Crippen LogP contribution in [0.15, 0.2) is 18.2 Å². The van der Waals surface area contributed by atoms with Gasteiger partial charge in [0.2, 0.25) is 0 Å². The molecule has 0 amide bonds. The molecule has 0 radical (unpaired) electrons. The maximum absolute atomic E-state index is 8.91. The van der Waals surface area contributed by atoms with Crippen LogP contribution in [0.25, 0.3) is 0 Å². The van der Waals surface area contributed by atoms with Gasteiger partial charge in [-0.2, -0.15) is 0 Å². The summed E-state index contributed by atoms with van der Waals surface area (Å²) < 4.78 is 0. The number of rotatable bonds is 2. The molecule has 0 atom stereocenters. The summed E-state index contributed by atoms with van der Waals surface area (Å²) in [6.45, 7) is 0.549. The first-order chi connectivity index (χ1) is 6.77. The minimum Gasteiger partial charge on any atom is -0.392 e. The normalized spacial score (nSPS) is 9.36. The molecule has 2 nitrogen and oxygen atoms in total. The topological polar surface area (TPSA) is 46.2 Å². The van der Waals surface area contributed by atoms with Crippen LogP contribution in [0.3, 0.4) is 0 Å². The largest absolute Gasteiger partial charge is 0.392 e. The molecule has 3 heteroatoms. The van der Waals surface area contributed by atoms with Crippen molar-refractivity contribution in [1.82, 2.24) is 0 Å². The molecule has 0 fully saturated rings. The minimum atomic E-state index is 0.00272. The fourth-order valence-corrected chi connectivity index (χ4v) is 1.16. The Bertz CT molecular complexity index is 365. The minimum absolute atomic E-state index is 0.00272. The Kier molecular flexibility index (Phi) is 4.48. The van der Waals surface area contributed by atoms with Crippen LogP contribution in [0.1, 0.15) is 17.5 Å². The van der Waals surface area contributed by atoms with Crippen LogP contribution < -0.4 is 5.73 Å². The SMILES string of the molecule is NCCC#Cc1cc(CO)ccc1Cl. The molecule has 0 unspecified atom stereocenters. The van der Waals surface area contributed by atoms with E-state index in [-0.39, 0.29) is 6.61 Å². The molecule has 0 bridgehead atoms. The van der Waals surface area contributed by atoms with Crippen LogP contribution in [-0.2, 0) is 6.61 Å². The second kappa shape index (κ2) is 5.66. The Labute approximate surface area is 88.7 Å². The molecule has 0 aromatic heterocycles. The van der Waals surface area contributed by atoms with Crippen LogP contribution in [0.4, 0.5) is 0 Å². The molecule has 3 N–H and O–H groups in total. The predicted molar refractivity (Wildman–Crippen MR) is 57.9 cm³/mol. The van der Waals surface area contributed by atoms with Crippen molar-refractivity contribution in [2.24, 2.45) is 5.73 Å². The summed E-state index contributed by atoms with van der Waals surface area (Å²) in [6, 6.07) is 5.29. The van der Waals surface area contributed by atoms with Crippen molar-refractivity contribution < 1.29 is 5.11 Å². The Balaban J connectivity index is 2.91. The van der Waals surface area contributed by atoms with Crippen LogP contribution in [0, 0.1) is 11.8 Å². The van der Waals surface area contributed by atoms with Gasteiger partial charge < -0.3 is 10.8 Å². The average molecular weight is 210 g/mol. The lowest BCUT2D eigenvalue weighted by Gasteiger charge is -1.99. The molecule has 0 saturated carbocycles. The molecular formula is C11H12ClNO. The monoisotopic (exact) mass is 209 g/mol. The fourth-order valence-electron chi connectivity index (χ4n) is 0.996. The van der Waals surface area contributed by atoms with Crippen molar-refractivity contribution >= 4 is 11.6 Å². The van der Waals surface area contributed by atoms with E-state index in [4.69, 9.17) is 22.4 Å². The van der Waals surface area contributed by atoms with Gasteiger partial charge in [0, 0.05) is 18.5 Å². The van der Waals surface area contributed by atoms with Gasteiger partial charge >= 0.3 is 0 Å². The lowest BCUT2D eigenvalue weighted by Crippen LogP contribution is -1.95. The number of halogens is 1. The van der Waals surface area contributed by atoms with Gasteiger partial charge in [-0.3, -0.25) is 0 Å². The number of aliphatic hydroxyl groups is 1. The Morgan fingerprint density at radius 3 is 2.86 bits per heavy atom. The standard InChI is InChI=1S/C11H12ClNO/c12-11-5-4-9(8-14)7-10(11)3-1-2-6-13/h4-5,7,14H,2,6,8,13H2. The molecule has 0 aliphatic rings. The van der Waals surface area contributed by atoms with Gasteiger partial charge in [0.1, 0.15) is 0 Å². The predicted octanol–water partition coefficient (Wildman–Crippen LogP) is 1.53. The smallest absolute Gasteiger partial charge is 0.0682 e. The first-order valence-corrected chi connectivity index (χ1v) is 4.74. The highest BCUT2D eigenvalue weighted by Gasteiger charge is 1.97. The van der Waals surface area contributed by atoms with E-state index < -0.39 is 0 Å². The molecule has 0 spiro atoms. The highest BCUT2D eigenvalue weighted by Crippen LogP contribution is 2.16. The van der Waals surface area contributed by atoms with Crippen molar-refractivity contribution in [3.63, 3.8) is 0 Å². The summed E-state index contributed by atoms with van der Waals surface area (Å²) in [5.74, 6) is 5.82. The maximum atomic E-state index is 8.91. The third-order valence-corrected chi connectivity index (χ3v) is 2.04. The van der Waals surface area contributed by atoms with Crippen molar-refractivity contribution in [3.8, 4) is 11.8 Å². The summed E-state index contributed by atoms with van der Waals surface area (Å²) in [7, 11) is 0. The van der Waals surface area contributed by atoms with Gasteiger partial charge in [0.05, 0.1) is 11.6 Å². The molecule has 0 aliphatic carbocycles. The van der Waals surface area contributed by atoms with Crippen molar-refractivity contribution in [3.05, 3.63) is 34.3 Å². The average Bonchev–Trinajstić information content (AvgIpc) is 2.21. The first-order valence-electron chi connectivity index (χ1n) is 4.36. The molecule has 0 saturated heterocycles. The van der Waals surface area contributed by atoms with Gasteiger partial charge in [0.15, 0.2) is 0 Å². The summed E-state index contributed by atoms with van der Waals surface area (Å²) in [4.78, 5) is 0. The molecule has 74 valence electrons. The van der Waals surface area contributed by atoms with Crippen LogP contribution in [0.5, 0.6) is 0 Å². The zero-order chi connectivity index (χ0) is 10.4. The Morgan fingerprint density at radius 2 is 2.21 bits per heavy atom. The Morgan fingerprint density at radius 1 is 1.43 bits per heavy atom. The van der Waals surface area contributed by atoms with Crippen LogP contribution in [-0.4, -0.2) is 11.7 Å². The number of hydrogen-bond donors (Lipinski definition) is 2. The van der Waals surface area contributed by atoms with E-state index in [9.17, 15) is 0 Å². The summed E-state index contributed by atoms with van der Waals surface area (Å²) in [5, 5.41) is 9.52. The van der Waals surface area contributed by atoms with E-state index >= 15 is 0 Å².